The highest BCUT2D eigenvalue weighted by atomic mass is 35.5. The van der Waals surface area contributed by atoms with E-state index in [9.17, 15) is 18.0 Å². The van der Waals surface area contributed by atoms with Gasteiger partial charge in [0.05, 0.1) is 11.5 Å². The highest BCUT2D eigenvalue weighted by molar-refractivity contribution is 7.89. The minimum atomic E-state index is -3.72. The maximum atomic E-state index is 12.4. The van der Waals surface area contributed by atoms with E-state index in [1.165, 1.54) is 13.1 Å². The quantitative estimate of drug-likeness (QED) is 0.408. The Kier molecular flexibility index (Phi) is 8.43. The predicted molar refractivity (Wildman–Crippen MR) is 119 cm³/mol. The molecule has 2 aromatic rings. The van der Waals surface area contributed by atoms with Crippen LogP contribution in [-0.2, 0) is 14.8 Å². The smallest absolute Gasteiger partial charge is 0.269 e. The molecule has 0 atom stereocenters. The van der Waals surface area contributed by atoms with Gasteiger partial charge >= 0.3 is 0 Å². The van der Waals surface area contributed by atoms with Crippen LogP contribution in [0.15, 0.2) is 35.2 Å². The number of carbonyl (C=O) groups is 2. The van der Waals surface area contributed by atoms with E-state index in [1.54, 1.807) is 38.1 Å². The van der Waals surface area contributed by atoms with Gasteiger partial charge in [-0.15, -0.1) is 0 Å². The minimum Gasteiger partial charge on any atom is -0.493 e. The normalized spacial score (nSPS) is 11.1. The molecule has 168 valence electrons. The first-order valence-electron chi connectivity index (χ1n) is 9.58. The average molecular weight is 468 g/mol. The van der Waals surface area contributed by atoms with Crippen LogP contribution in [0.2, 0.25) is 5.02 Å². The molecule has 2 amide bonds. The van der Waals surface area contributed by atoms with Crippen LogP contribution < -0.4 is 20.3 Å². The van der Waals surface area contributed by atoms with Crippen molar-refractivity contribution >= 4 is 33.4 Å². The van der Waals surface area contributed by atoms with Gasteiger partial charge in [-0.25, -0.2) is 13.1 Å². The molecule has 0 saturated carbocycles. The van der Waals surface area contributed by atoms with Gasteiger partial charge < -0.3 is 4.74 Å². The summed E-state index contributed by atoms with van der Waals surface area (Å²) in [7, 11) is -2.42. The van der Waals surface area contributed by atoms with Crippen molar-refractivity contribution in [1.82, 2.24) is 15.6 Å². The zero-order valence-electron chi connectivity index (χ0n) is 17.8. The average Bonchev–Trinajstić information content (AvgIpc) is 2.72. The second kappa shape index (κ2) is 10.6. The number of hydrogen-bond acceptors (Lipinski definition) is 5. The van der Waals surface area contributed by atoms with E-state index in [4.69, 9.17) is 16.3 Å². The van der Waals surface area contributed by atoms with Gasteiger partial charge in [0.25, 0.3) is 5.91 Å². The lowest BCUT2D eigenvalue weighted by atomic mass is 10.1. The van der Waals surface area contributed by atoms with Crippen LogP contribution in [0.25, 0.3) is 0 Å². The summed E-state index contributed by atoms with van der Waals surface area (Å²) < 4.78 is 32.2. The Morgan fingerprint density at radius 1 is 1.03 bits per heavy atom. The highest BCUT2D eigenvalue weighted by Crippen LogP contribution is 2.22. The Morgan fingerprint density at radius 3 is 2.39 bits per heavy atom. The van der Waals surface area contributed by atoms with Gasteiger partial charge in [-0.3, -0.25) is 20.4 Å². The number of benzene rings is 2. The van der Waals surface area contributed by atoms with Gasteiger partial charge in [-0.2, -0.15) is 0 Å². The second-order valence-electron chi connectivity index (χ2n) is 6.99. The van der Waals surface area contributed by atoms with Gasteiger partial charge in [0.1, 0.15) is 5.75 Å². The molecule has 0 fully saturated rings. The summed E-state index contributed by atoms with van der Waals surface area (Å²) in [5.41, 5.74) is 6.85. The van der Waals surface area contributed by atoms with Crippen molar-refractivity contribution in [2.24, 2.45) is 0 Å². The second-order valence-corrected chi connectivity index (χ2v) is 9.28. The first-order chi connectivity index (χ1) is 14.5. The van der Waals surface area contributed by atoms with Gasteiger partial charge in [-0.1, -0.05) is 11.6 Å². The molecule has 0 aliphatic rings. The topological polar surface area (TPSA) is 114 Å². The van der Waals surface area contributed by atoms with Crippen LogP contribution in [0.3, 0.4) is 0 Å². The van der Waals surface area contributed by atoms with Crippen molar-refractivity contribution in [3.8, 4) is 5.75 Å². The number of carbonyl (C=O) groups excluding carboxylic acids is 2. The molecule has 0 heterocycles. The molecule has 0 aromatic heterocycles. The molecule has 0 radical (unpaired) electrons. The summed E-state index contributed by atoms with van der Waals surface area (Å²) in [6, 6.07) is 8.13. The molecule has 8 nitrogen and oxygen atoms in total. The third kappa shape index (κ3) is 6.68. The summed E-state index contributed by atoms with van der Waals surface area (Å²) in [5.74, 6) is -0.311. The maximum Gasteiger partial charge on any atom is 0.269 e. The molecule has 2 aromatic carbocycles. The van der Waals surface area contributed by atoms with Gasteiger partial charge in [0, 0.05) is 17.0 Å². The van der Waals surface area contributed by atoms with Crippen LogP contribution in [-0.4, -0.2) is 33.9 Å². The lowest BCUT2D eigenvalue weighted by Gasteiger charge is -2.13. The molecule has 0 spiro atoms. The highest BCUT2D eigenvalue weighted by Gasteiger charge is 2.19. The third-order valence-electron chi connectivity index (χ3n) is 4.70. The first-order valence-corrected chi connectivity index (χ1v) is 11.4. The fourth-order valence-electron chi connectivity index (χ4n) is 2.80. The minimum absolute atomic E-state index is 0.0149. The van der Waals surface area contributed by atoms with E-state index in [2.05, 4.69) is 15.6 Å². The van der Waals surface area contributed by atoms with Crippen LogP contribution >= 0.6 is 11.6 Å². The monoisotopic (exact) mass is 467 g/mol. The Balaban J connectivity index is 1.87. The molecule has 2 rings (SSSR count). The first kappa shape index (κ1) is 24.6. The van der Waals surface area contributed by atoms with Crippen LogP contribution in [0.1, 0.15) is 39.9 Å². The van der Waals surface area contributed by atoms with Crippen molar-refractivity contribution in [3.63, 3.8) is 0 Å². The lowest BCUT2D eigenvalue weighted by molar-refractivity contribution is -0.122. The number of hydrazine groups is 1. The molecule has 31 heavy (non-hydrogen) atoms. The standard InChI is InChI=1S/C21H26ClN3O5S/c1-13-10-16(12-19(15(13)3)31(28,29)23-4)21(27)25-24-20(26)6-5-9-30-18-8-7-17(22)11-14(18)2/h7-8,10-12,23H,5-6,9H2,1-4H3,(H,24,26)(H,25,27). The van der Waals surface area contributed by atoms with E-state index in [0.717, 1.165) is 5.56 Å². The largest absolute Gasteiger partial charge is 0.493 e. The molecular formula is C21H26ClN3O5S. The van der Waals surface area contributed by atoms with Crippen molar-refractivity contribution in [1.29, 1.82) is 0 Å². The lowest BCUT2D eigenvalue weighted by Crippen LogP contribution is -2.41. The SMILES string of the molecule is CNS(=O)(=O)c1cc(C(=O)NNC(=O)CCCOc2ccc(Cl)cc2C)cc(C)c1C. The fraction of sp³-hybridized carbons (Fsp3) is 0.333. The van der Waals surface area contributed by atoms with E-state index in [0.29, 0.717) is 34.9 Å². The molecule has 0 bridgehead atoms. The van der Waals surface area contributed by atoms with E-state index < -0.39 is 21.8 Å². The van der Waals surface area contributed by atoms with Crippen LogP contribution in [0, 0.1) is 20.8 Å². The molecule has 3 N–H and O–H groups in total. The van der Waals surface area contributed by atoms with Crippen molar-refractivity contribution in [3.05, 3.63) is 57.6 Å². The van der Waals surface area contributed by atoms with Gasteiger partial charge in [0.2, 0.25) is 15.9 Å². The number of rotatable bonds is 8. The van der Waals surface area contributed by atoms with E-state index >= 15 is 0 Å². The number of amides is 2. The van der Waals surface area contributed by atoms with Crippen molar-refractivity contribution in [2.45, 2.75) is 38.5 Å². The van der Waals surface area contributed by atoms with Crippen molar-refractivity contribution < 1.29 is 22.7 Å². The third-order valence-corrected chi connectivity index (χ3v) is 6.47. The summed E-state index contributed by atoms with van der Waals surface area (Å²) in [4.78, 5) is 24.4. The molecule has 0 aliphatic heterocycles. The number of ether oxygens (including phenoxy) is 1. The summed E-state index contributed by atoms with van der Waals surface area (Å²) >= 11 is 5.90. The Bertz CT molecular complexity index is 1090. The van der Waals surface area contributed by atoms with E-state index in [1.807, 2.05) is 6.92 Å². The summed E-state index contributed by atoms with van der Waals surface area (Å²) in [6.45, 7) is 5.58. The predicted octanol–water partition coefficient (Wildman–Crippen LogP) is 2.79. The van der Waals surface area contributed by atoms with Crippen LogP contribution in [0.4, 0.5) is 0 Å². The molecular weight excluding hydrogens is 442 g/mol. The van der Waals surface area contributed by atoms with E-state index in [-0.39, 0.29) is 16.9 Å². The number of hydrogen-bond donors (Lipinski definition) is 3. The number of halogens is 1. The van der Waals surface area contributed by atoms with Crippen molar-refractivity contribution in [2.75, 3.05) is 13.7 Å². The Hall–Kier alpha value is -2.62. The summed E-state index contributed by atoms with van der Waals surface area (Å²) in [6.07, 6.45) is 0.581. The molecule has 0 aliphatic carbocycles. The molecule has 0 unspecified atom stereocenters. The van der Waals surface area contributed by atoms with Crippen LogP contribution in [0.5, 0.6) is 5.75 Å². The van der Waals surface area contributed by atoms with Gasteiger partial charge in [-0.05, 0) is 81.3 Å². The number of nitrogens with one attached hydrogen (secondary N) is 3. The fourth-order valence-corrected chi connectivity index (χ4v) is 4.09. The maximum absolute atomic E-state index is 12.4. The molecule has 0 saturated heterocycles. The summed E-state index contributed by atoms with van der Waals surface area (Å²) in [5, 5.41) is 0.624. The molecule has 10 heteroatoms. The zero-order chi connectivity index (χ0) is 23.2. The Labute approximate surface area is 187 Å². The zero-order valence-corrected chi connectivity index (χ0v) is 19.4. The van der Waals surface area contributed by atoms with Gasteiger partial charge in [0.15, 0.2) is 0 Å². The Morgan fingerprint density at radius 2 is 1.74 bits per heavy atom. The number of sulfonamides is 1. The number of aryl methyl sites for hydroxylation is 2.